The van der Waals surface area contributed by atoms with Gasteiger partial charge in [0, 0.05) is 11.1 Å². The van der Waals surface area contributed by atoms with E-state index >= 15 is 0 Å². The van der Waals surface area contributed by atoms with Crippen LogP contribution in [0.4, 0.5) is 0 Å². The van der Waals surface area contributed by atoms with Crippen molar-refractivity contribution in [1.82, 2.24) is 0 Å². The van der Waals surface area contributed by atoms with E-state index in [0.29, 0.717) is 0 Å². The van der Waals surface area contributed by atoms with Crippen molar-refractivity contribution in [2.75, 3.05) is 11.5 Å². The van der Waals surface area contributed by atoms with Gasteiger partial charge in [-0.3, -0.25) is 0 Å². The van der Waals surface area contributed by atoms with E-state index in [2.05, 4.69) is 0 Å². The molecule has 1 aliphatic carbocycles. The van der Waals surface area contributed by atoms with Crippen molar-refractivity contribution in [3.63, 3.8) is 0 Å². The van der Waals surface area contributed by atoms with Crippen molar-refractivity contribution >= 4 is 9.84 Å². The minimum Gasteiger partial charge on any atom is -0.488 e. The van der Waals surface area contributed by atoms with E-state index in [4.69, 9.17) is 10.5 Å². The molecule has 3 rings (SSSR count). The minimum absolute atomic E-state index is 0.124. The quantitative estimate of drug-likeness (QED) is 0.913. The Bertz CT molecular complexity index is 564. The monoisotopic (exact) mass is 281 g/mol. The van der Waals surface area contributed by atoms with Crippen LogP contribution in [-0.4, -0.2) is 26.0 Å². The molecule has 1 saturated heterocycles. The van der Waals surface area contributed by atoms with Gasteiger partial charge in [0.05, 0.1) is 11.5 Å². The van der Waals surface area contributed by atoms with Gasteiger partial charge >= 0.3 is 0 Å². The van der Waals surface area contributed by atoms with E-state index in [9.17, 15) is 8.42 Å². The molecule has 2 N–H and O–H groups in total. The summed E-state index contributed by atoms with van der Waals surface area (Å²) < 4.78 is 28.2. The number of hydrogen-bond acceptors (Lipinski definition) is 4. The topological polar surface area (TPSA) is 69.4 Å². The normalized spacial score (nSPS) is 24.9. The van der Waals surface area contributed by atoms with Crippen LogP contribution in [0, 0.1) is 0 Å². The summed E-state index contributed by atoms with van der Waals surface area (Å²) in [5, 5.41) is 0. The molecule has 0 aromatic heterocycles. The van der Waals surface area contributed by atoms with Crippen LogP contribution in [0.3, 0.4) is 0 Å². The van der Waals surface area contributed by atoms with E-state index in [0.717, 1.165) is 37.0 Å². The van der Waals surface area contributed by atoms with Gasteiger partial charge in [-0.1, -0.05) is 31.0 Å². The van der Waals surface area contributed by atoms with Crippen molar-refractivity contribution < 1.29 is 13.2 Å². The van der Waals surface area contributed by atoms with Gasteiger partial charge in [0.15, 0.2) is 9.84 Å². The smallest absolute Gasteiger partial charge is 0.157 e. The lowest BCUT2D eigenvalue weighted by molar-refractivity contribution is 0.223. The van der Waals surface area contributed by atoms with Crippen molar-refractivity contribution in [3.05, 3.63) is 29.8 Å². The molecule has 1 heterocycles. The largest absolute Gasteiger partial charge is 0.488 e. The van der Waals surface area contributed by atoms with E-state index in [-0.39, 0.29) is 23.1 Å². The Hall–Kier alpha value is -1.07. The van der Waals surface area contributed by atoms with E-state index in [1.54, 1.807) is 0 Å². The molecule has 0 bridgehead atoms. The van der Waals surface area contributed by atoms with Crippen LogP contribution in [0.25, 0.3) is 0 Å². The molecule has 0 unspecified atom stereocenters. The molecule has 1 saturated carbocycles. The Kier molecular flexibility index (Phi) is 3.06. The Morgan fingerprint density at radius 3 is 2.42 bits per heavy atom. The van der Waals surface area contributed by atoms with Crippen molar-refractivity contribution in [2.24, 2.45) is 5.73 Å². The van der Waals surface area contributed by atoms with E-state index < -0.39 is 9.84 Å². The molecule has 2 aliphatic rings. The molecule has 19 heavy (non-hydrogen) atoms. The average Bonchev–Trinajstić information content (AvgIpc) is 2.75. The van der Waals surface area contributed by atoms with Crippen LogP contribution in [0.15, 0.2) is 24.3 Å². The summed E-state index contributed by atoms with van der Waals surface area (Å²) in [6, 6.07) is 7.78. The highest BCUT2D eigenvalue weighted by Crippen LogP contribution is 2.41. The molecule has 2 fully saturated rings. The molecule has 4 nitrogen and oxygen atoms in total. The van der Waals surface area contributed by atoms with E-state index in [1.165, 1.54) is 0 Å². The Balaban J connectivity index is 1.82. The fourth-order valence-electron chi connectivity index (χ4n) is 3.02. The Labute approximate surface area is 113 Å². The molecular weight excluding hydrogens is 262 g/mol. The maximum Gasteiger partial charge on any atom is 0.157 e. The van der Waals surface area contributed by atoms with Crippen molar-refractivity contribution in [1.29, 1.82) is 0 Å². The van der Waals surface area contributed by atoms with Gasteiger partial charge in [-0.15, -0.1) is 0 Å². The highest BCUT2D eigenvalue weighted by Gasteiger charge is 2.38. The average molecular weight is 281 g/mol. The molecule has 0 spiro atoms. The third kappa shape index (κ3) is 2.49. The molecule has 0 radical (unpaired) electrons. The maximum absolute atomic E-state index is 11.2. The van der Waals surface area contributed by atoms with Gasteiger partial charge in [-0.2, -0.15) is 0 Å². The van der Waals surface area contributed by atoms with Gasteiger partial charge in [0.1, 0.15) is 11.9 Å². The molecule has 1 aromatic carbocycles. The zero-order valence-corrected chi connectivity index (χ0v) is 11.7. The third-order valence-electron chi connectivity index (χ3n) is 4.09. The first-order chi connectivity index (χ1) is 8.99. The summed E-state index contributed by atoms with van der Waals surface area (Å²) >= 11 is 0. The van der Waals surface area contributed by atoms with Gasteiger partial charge in [0.2, 0.25) is 0 Å². The Morgan fingerprint density at radius 2 is 1.79 bits per heavy atom. The number of ether oxygens (including phenoxy) is 1. The Morgan fingerprint density at radius 1 is 1.16 bits per heavy atom. The van der Waals surface area contributed by atoms with Crippen LogP contribution in [0.1, 0.15) is 31.2 Å². The summed E-state index contributed by atoms with van der Waals surface area (Å²) in [5.74, 6) is 1.00. The molecule has 0 atom stereocenters. The van der Waals surface area contributed by atoms with E-state index in [1.807, 2.05) is 24.3 Å². The number of para-hydroxylation sites is 1. The maximum atomic E-state index is 11.2. The second-order valence-corrected chi connectivity index (χ2v) is 7.83. The first-order valence-corrected chi connectivity index (χ1v) is 8.56. The first-order valence-electron chi connectivity index (χ1n) is 6.74. The zero-order chi connectivity index (χ0) is 13.5. The number of nitrogens with two attached hydrogens (primary N) is 1. The second kappa shape index (κ2) is 4.49. The lowest BCUT2D eigenvalue weighted by Crippen LogP contribution is -2.45. The van der Waals surface area contributed by atoms with Crippen LogP contribution >= 0.6 is 0 Å². The lowest BCUT2D eigenvalue weighted by Gasteiger charge is -2.31. The number of rotatable bonds is 3. The van der Waals surface area contributed by atoms with Crippen LogP contribution in [0.2, 0.25) is 0 Å². The van der Waals surface area contributed by atoms with Gasteiger partial charge < -0.3 is 10.5 Å². The van der Waals surface area contributed by atoms with Crippen LogP contribution in [0.5, 0.6) is 5.75 Å². The summed E-state index contributed by atoms with van der Waals surface area (Å²) in [4.78, 5) is 0. The summed E-state index contributed by atoms with van der Waals surface area (Å²) in [7, 11) is -2.85. The highest BCUT2D eigenvalue weighted by molar-refractivity contribution is 7.92. The molecule has 1 aliphatic heterocycles. The van der Waals surface area contributed by atoms with Crippen LogP contribution < -0.4 is 10.5 Å². The summed E-state index contributed by atoms with van der Waals surface area (Å²) in [6.07, 6.45) is 4.01. The minimum atomic E-state index is -2.85. The fourth-order valence-corrected chi connectivity index (χ4v) is 4.19. The summed E-state index contributed by atoms with van der Waals surface area (Å²) in [6.45, 7) is 0. The van der Waals surface area contributed by atoms with Gasteiger partial charge in [-0.05, 0) is 18.9 Å². The van der Waals surface area contributed by atoms with Crippen molar-refractivity contribution in [3.8, 4) is 5.75 Å². The molecular formula is C14H19NO3S. The molecule has 104 valence electrons. The van der Waals surface area contributed by atoms with Gasteiger partial charge in [0.25, 0.3) is 0 Å². The predicted molar refractivity (Wildman–Crippen MR) is 73.8 cm³/mol. The number of sulfone groups is 1. The number of benzene rings is 1. The lowest BCUT2D eigenvalue weighted by atomic mass is 9.88. The molecule has 0 amide bonds. The number of hydrogen-bond donors (Lipinski definition) is 1. The molecule has 5 heteroatoms. The van der Waals surface area contributed by atoms with Gasteiger partial charge in [-0.25, -0.2) is 8.42 Å². The zero-order valence-electron chi connectivity index (χ0n) is 10.8. The third-order valence-corrected chi connectivity index (χ3v) is 5.85. The molecule has 1 aromatic rings. The van der Waals surface area contributed by atoms with Crippen LogP contribution in [-0.2, 0) is 15.4 Å². The first kappa shape index (κ1) is 12.9. The van der Waals surface area contributed by atoms with Crippen molar-refractivity contribution in [2.45, 2.75) is 37.3 Å². The summed E-state index contributed by atoms with van der Waals surface area (Å²) in [5.41, 5.74) is 7.19. The SMILES string of the molecule is NC1(c2ccccc2OC2CS(=O)(=O)C2)CCCC1. The predicted octanol–water partition coefficient (Wildman–Crippen LogP) is 1.59. The highest BCUT2D eigenvalue weighted by atomic mass is 32.2. The second-order valence-electron chi connectivity index (χ2n) is 5.68. The standard InChI is InChI=1S/C14H19NO3S/c15-14(7-3-4-8-14)12-5-1-2-6-13(12)18-11-9-19(16,17)10-11/h1-2,5-6,11H,3-4,7-10,15H2. The fraction of sp³-hybridized carbons (Fsp3) is 0.571.